The highest BCUT2D eigenvalue weighted by Crippen LogP contribution is 2.32. The Kier molecular flexibility index (Phi) is 4.41. The molecule has 1 fully saturated rings. The van der Waals surface area contributed by atoms with E-state index in [0.717, 1.165) is 6.42 Å². The first kappa shape index (κ1) is 14.7. The maximum absolute atomic E-state index is 11.7. The summed E-state index contributed by atoms with van der Waals surface area (Å²) in [6.07, 6.45) is 0.863. The molecule has 0 spiro atoms. The smallest absolute Gasteiger partial charge is 0.310 e. The monoisotopic (exact) mass is 294 g/mol. The van der Waals surface area contributed by atoms with E-state index in [0.29, 0.717) is 6.61 Å². The Morgan fingerprint density at radius 3 is 2.58 bits per heavy atom. The molecule has 0 radical (unpaired) electrons. The summed E-state index contributed by atoms with van der Waals surface area (Å²) in [6, 6.07) is 8.64. The maximum Gasteiger partial charge on any atom is 0.310 e. The second kappa shape index (κ2) is 5.71. The third-order valence-corrected chi connectivity index (χ3v) is 7.09. The number of carbonyl (C=O) groups is 1. The van der Waals surface area contributed by atoms with Crippen LogP contribution in [0.3, 0.4) is 0 Å². The molecule has 4 heteroatoms. The van der Waals surface area contributed by atoms with E-state index in [1.165, 1.54) is 10.1 Å². The van der Waals surface area contributed by atoms with Crippen LogP contribution in [0.1, 0.15) is 13.3 Å². The predicted octanol–water partition coefficient (Wildman–Crippen LogP) is 3.28. The van der Waals surface area contributed by atoms with Gasteiger partial charge in [-0.1, -0.05) is 44.8 Å². The van der Waals surface area contributed by atoms with Crippen molar-refractivity contribution in [2.24, 2.45) is 5.92 Å². The average Bonchev–Trinajstić information content (AvgIpc) is 2.75. The largest absolute Gasteiger partial charge is 0.465 e. The zero-order chi connectivity index (χ0) is 14.0. The Morgan fingerprint density at radius 2 is 2.00 bits per heavy atom. The Balaban J connectivity index is 2.17. The Labute approximate surface area is 120 Å². The highest BCUT2D eigenvalue weighted by molar-refractivity contribution is 8.00. The zero-order valence-electron chi connectivity index (χ0n) is 12.1. The molecule has 1 saturated heterocycles. The van der Waals surface area contributed by atoms with Gasteiger partial charge in [0.05, 0.1) is 20.6 Å². The van der Waals surface area contributed by atoms with Gasteiger partial charge < -0.3 is 4.74 Å². The molecule has 0 unspecified atom stereocenters. The van der Waals surface area contributed by atoms with Crippen molar-refractivity contribution in [2.45, 2.75) is 43.1 Å². The van der Waals surface area contributed by atoms with Gasteiger partial charge in [0.25, 0.3) is 0 Å². The maximum atomic E-state index is 11.7. The van der Waals surface area contributed by atoms with Crippen LogP contribution in [0, 0.1) is 5.92 Å². The number of benzene rings is 1. The molecule has 2 nitrogen and oxygen atoms in total. The third kappa shape index (κ3) is 3.42. The van der Waals surface area contributed by atoms with Crippen molar-refractivity contribution in [1.82, 2.24) is 0 Å². The minimum Gasteiger partial charge on any atom is -0.465 e. The van der Waals surface area contributed by atoms with Crippen LogP contribution < -0.4 is 5.19 Å². The lowest BCUT2D eigenvalue weighted by Crippen LogP contribution is -2.39. The molecule has 0 N–H and O–H groups in total. The molecule has 2 rings (SSSR count). The summed E-state index contributed by atoms with van der Waals surface area (Å²) in [5.74, 6) is 0.0326. The fourth-order valence-corrected chi connectivity index (χ4v) is 6.09. The van der Waals surface area contributed by atoms with Crippen LogP contribution >= 0.6 is 11.8 Å². The number of cyclic esters (lactones) is 1. The topological polar surface area (TPSA) is 26.3 Å². The molecule has 1 aliphatic heterocycles. The van der Waals surface area contributed by atoms with Crippen LogP contribution in [0.15, 0.2) is 29.2 Å². The first-order valence-corrected chi connectivity index (χ1v) is 11.2. The Hall–Kier alpha value is -0.743. The highest BCUT2D eigenvalue weighted by Gasteiger charge is 2.33. The van der Waals surface area contributed by atoms with Gasteiger partial charge in [-0.3, -0.25) is 4.79 Å². The van der Waals surface area contributed by atoms with Gasteiger partial charge in [0.1, 0.15) is 0 Å². The molecule has 0 aliphatic carbocycles. The van der Waals surface area contributed by atoms with Crippen molar-refractivity contribution in [3.63, 3.8) is 0 Å². The van der Waals surface area contributed by atoms with Gasteiger partial charge in [-0.05, 0) is 17.7 Å². The van der Waals surface area contributed by atoms with E-state index in [2.05, 4.69) is 50.8 Å². The summed E-state index contributed by atoms with van der Waals surface area (Å²) in [4.78, 5) is 13.0. The van der Waals surface area contributed by atoms with E-state index in [1.807, 2.05) is 11.8 Å². The fraction of sp³-hybridized carbons (Fsp3) is 0.533. The fourth-order valence-electron chi connectivity index (χ4n) is 2.41. The second-order valence-corrected chi connectivity index (χ2v) is 12.6. The SMILES string of the molecule is C[C@H](Sc1ccccc1[Si](C)(C)C)[C@H]1CCOC1=O. The molecule has 104 valence electrons. The molecule has 1 aromatic rings. The summed E-state index contributed by atoms with van der Waals surface area (Å²) in [5.41, 5.74) is 0. The van der Waals surface area contributed by atoms with E-state index in [1.54, 1.807) is 0 Å². The van der Waals surface area contributed by atoms with Crippen LogP contribution in [0.5, 0.6) is 0 Å². The van der Waals surface area contributed by atoms with Crippen molar-refractivity contribution in [3.8, 4) is 0 Å². The molecule has 0 saturated carbocycles. The van der Waals surface area contributed by atoms with Gasteiger partial charge in [-0.15, -0.1) is 11.8 Å². The van der Waals surface area contributed by atoms with Gasteiger partial charge in [-0.25, -0.2) is 0 Å². The Morgan fingerprint density at radius 1 is 1.32 bits per heavy atom. The van der Waals surface area contributed by atoms with E-state index in [9.17, 15) is 4.79 Å². The molecule has 1 heterocycles. The molecular formula is C15H22O2SSi. The van der Waals surface area contributed by atoms with E-state index < -0.39 is 8.07 Å². The van der Waals surface area contributed by atoms with Crippen molar-refractivity contribution < 1.29 is 9.53 Å². The molecule has 0 aromatic heterocycles. The van der Waals surface area contributed by atoms with Crippen LogP contribution in [0.2, 0.25) is 19.6 Å². The summed E-state index contributed by atoms with van der Waals surface area (Å²) in [7, 11) is -1.34. The van der Waals surface area contributed by atoms with Crippen LogP contribution in [-0.4, -0.2) is 25.9 Å². The lowest BCUT2D eigenvalue weighted by molar-refractivity contribution is -0.141. The summed E-state index contributed by atoms with van der Waals surface area (Å²) >= 11 is 1.83. The average molecular weight is 294 g/mol. The van der Waals surface area contributed by atoms with Crippen molar-refractivity contribution >= 4 is 31.0 Å². The van der Waals surface area contributed by atoms with Crippen molar-refractivity contribution in [2.75, 3.05) is 6.61 Å². The second-order valence-electron chi connectivity index (χ2n) is 6.13. The minimum absolute atomic E-state index is 0.0227. The summed E-state index contributed by atoms with van der Waals surface area (Å²) in [5, 5.41) is 1.77. The molecule has 19 heavy (non-hydrogen) atoms. The first-order chi connectivity index (χ1) is 8.89. The Bertz CT molecular complexity index is 467. The molecule has 2 atom stereocenters. The van der Waals surface area contributed by atoms with Crippen LogP contribution in [-0.2, 0) is 9.53 Å². The van der Waals surface area contributed by atoms with Gasteiger partial charge in [0.2, 0.25) is 0 Å². The van der Waals surface area contributed by atoms with Crippen LogP contribution in [0.4, 0.5) is 0 Å². The number of esters is 1. The van der Waals surface area contributed by atoms with Crippen LogP contribution in [0.25, 0.3) is 0 Å². The third-order valence-electron chi connectivity index (χ3n) is 3.55. The highest BCUT2D eigenvalue weighted by atomic mass is 32.2. The molecule has 0 bridgehead atoms. The van der Waals surface area contributed by atoms with Gasteiger partial charge in [-0.2, -0.15) is 0 Å². The van der Waals surface area contributed by atoms with E-state index in [-0.39, 0.29) is 17.1 Å². The first-order valence-electron chi connectivity index (χ1n) is 6.82. The van der Waals surface area contributed by atoms with Gasteiger partial charge in [0, 0.05) is 10.1 Å². The van der Waals surface area contributed by atoms with Crippen molar-refractivity contribution in [1.29, 1.82) is 0 Å². The summed E-state index contributed by atoms with van der Waals surface area (Å²) < 4.78 is 5.08. The van der Waals surface area contributed by atoms with E-state index in [4.69, 9.17) is 4.74 Å². The minimum atomic E-state index is -1.34. The molecule has 1 aliphatic rings. The number of carbonyl (C=O) groups excluding carboxylic acids is 1. The normalized spacial score (nSPS) is 21.3. The quantitative estimate of drug-likeness (QED) is 0.484. The standard InChI is InChI=1S/C15H22O2SSi/c1-11(12-9-10-17-15(12)16)18-13-7-5-6-8-14(13)19(2,3)4/h5-8,11-12H,9-10H2,1-4H3/t11-,12+/m0/s1. The number of hydrogen-bond donors (Lipinski definition) is 0. The number of rotatable bonds is 4. The predicted molar refractivity (Wildman–Crippen MR) is 83.8 cm³/mol. The van der Waals surface area contributed by atoms with Crippen molar-refractivity contribution in [3.05, 3.63) is 24.3 Å². The lowest BCUT2D eigenvalue weighted by atomic mass is 10.1. The molecule has 1 aromatic carbocycles. The summed E-state index contributed by atoms with van der Waals surface area (Å²) in [6.45, 7) is 9.82. The lowest BCUT2D eigenvalue weighted by Gasteiger charge is -2.23. The number of thioether (sulfide) groups is 1. The van der Waals surface area contributed by atoms with E-state index >= 15 is 0 Å². The van der Waals surface area contributed by atoms with Gasteiger partial charge in [0.15, 0.2) is 0 Å². The molecular weight excluding hydrogens is 272 g/mol. The number of hydrogen-bond acceptors (Lipinski definition) is 3. The van der Waals surface area contributed by atoms with Gasteiger partial charge >= 0.3 is 5.97 Å². The number of ether oxygens (including phenoxy) is 1. The molecule has 0 amide bonds. The zero-order valence-corrected chi connectivity index (χ0v) is 13.9.